The van der Waals surface area contributed by atoms with Crippen LogP contribution in [0.5, 0.6) is 0 Å². The molecule has 2 atom stereocenters. The highest BCUT2D eigenvalue weighted by Crippen LogP contribution is 1.97. The number of hydrogen-bond donors (Lipinski definition) is 1. The van der Waals surface area contributed by atoms with Gasteiger partial charge < -0.3 is 19.3 Å². The first-order valence-corrected chi connectivity index (χ1v) is 6.13. The molecule has 0 aromatic rings. The molecule has 0 aliphatic heterocycles. The molecule has 0 saturated heterocycles. The largest absolute Gasteiger partial charge is 0.389 e. The van der Waals surface area contributed by atoms with Gasteiger partial charge in [-0.25, -0.2) is 0 Å². The molecular formula is C12H27NO4. The minimum absolute atomic E-state index is 0.0173. The van der Waals surface area contributed by atoms with Crippen LogP contribution in [0, 0.1) is 0 Å². The monoisotopic (exact) mass is 249 g/mol. The van der Waals surface area contributed by atoms with Gasteiger partial charge in [0.15, 0.2) is 0 Å². The van der Waals surface area contributed by atoms with Crippen molar-refractivity contribution in [2.45, 2.75) is 26.1 Å². The zero-order chi connectivity index (χ0) is 13.1. The van der Waals surface area contributed by atoms with Crippen LogP contribution in [0.1, 0.15) is 13.8 Å². The summed E-state index contributed by atoms with van der Waals surface area (Å²) < 4.78 is 15.4. The standard InChI is InChI=1S/C12H27NO4/c1-5-13(6-7-15-3)8-12(14)10-17-11(2)9-16-4/h11-12,14H,5-10H2,1-4H3. The maximum atomic E-state index is 9.82. The summed E-state index contributed by atoms with van der Waals surface area (Å²) in [6, 6.07) is 0. The number of aliphatic hydroxyl groups is 1. The molecule has 0 aromatic carbocycles. The molecule has 0 radical (unpaired) electrons. The van der Waals surface area contributed by atoms with Crippen LogP contribution < -0.4 is 0 Å². The second kappa shape index (κ2) is 10.9. The van der Waals surface area contributed by atoms with Gasteiger partial charge in [-0.2, -0.15) is 0 Å². The molecule has 5 nitrogen and oxygen atoms in total. The lowest BCUT2D eigenvalue weighted by Crippen LogP contribution is -2.37. The second-order valence-corrected chi connectivity index (χ2v) is 4.14. The van der Waals surface area contributed by atoms with Crippen LogP contribution in [-0.2, 0) is 14.2 Å². The van der Waals surface area contributed by atoms with Gasteiger partial charge in [0.25, 0.3) is 0 Å². The van der Waals surface area contributed by atoms with Gasteiger partial charge >= 0.3 is 0 Å². The van der Waals surface area contributed by atoms with Gasteiger partial charge in [0.1, 0.15) is 0 Å². The zero-order valence-corrected chi connectivity index (χ0v) is 11.5. The van der Waals surface area contributed by atoms with Crippen LogP contribution in [0.2, 0.25) is 0 Å². The van der Waals surface area contributed by atoms with Crippen LogP contribution >= 0.6 is 0 Å². The van der Waals surface area contributed by atoms with Crippen molar-refractivity contribution in [2.24, 2.45) is 0 Å². The first kappa shape index (κ1) is 16.8. The summed E-state index contributed by atoms with van der Waals surface area (Å²) in [5.41, 5.74) is 0. The Kier molecular flexibility index (Phi) is 10.8. The first-order valence-electron chi connectivity index (χ1n) is 6.13. The average molecular weight is 249 g/mol. The summed E-state index contributed by atoms with van der Waals surface area (Å²) in [6.07, 6.45) is -0.449. The second-order valence-electron chi connectivity index (χ2n) is 4.14. The van der Waals surface area contributed by atoms with Crippen LogP contribution in [0.3, 0.4) is 0 Å². The van der Waals surface area contributed by atoms with Crippen LogP contribution in [-0.4, -0.2) is 75.9 Å². The maximum Gasteiger partial charge on any atom is 0.0900 e. The fourth-order valence-corrected chi connectivity index (χ4v) is 1.51. The van der Waals surface area contributed by atoms with E-state index in [0.29, 0.717) is 26.4 Å². The summed E-state index contributed by atoms with van der Waals surface area (Å²) in [7, 11) is 3.32. The molecule has 0 rings (SSSR count). The lowest BCUT2D eigenvalue weighted by atomic mass is 10.3. The quantitative estimate of drug-likeness (QED) is 0.573. The minimum Gasteiger partial charge on any atom is -0.389 e. The molecule has 2 unspecified atom stereocenters. The van der Waals surface area contributed by atoms with Gasteiger partial charge in [-0.05, 0) is 13.5 Å². The topological polar surface area (TPSA) is 51.2 Å². The third-order valence-electron chi connectivity index (χ3n) is 2.50. The zero-order valence-electron chi connectivity index (χ0n) is 11.5. The van der Waals surface area contributed by atoms with Crippen LogP contribution in [0.15, 0.2) is 0 Å². The number of methoxy groups -OCH3 is 2. The molecule has 0 bridgehead atoms. The number of likely N-dealkylation sites (N-methyl/N-ethyl adjacent to an activating group) is 1. The van der Waals surface area contributed by atoms with Crippen molar-refractivity contribution < 1.29 is 19.3 Å². The molecule has 0 spiro atoms. The van der Waals surface area contributed by atoms with E-state index >= 15 is 0 Å². The summed E-state index contributed by atoms with van der Waals surface area (Å²) in [5, 5.41) is 9.82. The van der Waals surface area contributed by atoms with E-state index in [0.717, 1.165) is 13.1 Å². The van der Waals surface area contributed by atoms with E-state index in [4.69, 9.17) is 14.2 Å². The van der Waals surface area contributed by atoms with Gasteiger partial charge in [0.05, 0.1) is 32.0 Å². The first-order chi connectivity index (χ1) is 8.13. The molecule has 0 aliphatic carbocycles. The predicted octanol–water partition coefficient (Wildman–Crippen LogP) is 0.367. The Morgan fingerprint density at radius 3 is 2.41 bits per heavy atom. The van der Waals surface area contributed by atoms with E-state index in [1.807, 2.05) is 6.92 Å². The highest BCUT2D eigenvalue weighted by molar-refractivity contribution is 4.63. The van der Waals surface area contributed by atoms with Gasteiger partial charge in [-0.3, -0.25) is 4.90 Å². The van der Waals surface area contributed by atoms with Gasteiger partial charge in [-0.1, -0.05) is 6.92 Å². The summed E-state index contributed by atoms with van der Waals surface area (Å²) in [5.74, 6) is 0. The Morgan fingerprint density at radius 1 is 1.18 bits per heavy atom. The predicted molar refractivity (Wildman–Crippen MR) is 67.3 cm³/mol. The van der Waals surface area contributed by atoms with Crippen LogP contribution in [0.4, 0.5) is 0 Å². The van der Waals surface area contributed by atoms with Crippen molar-refractivity contribution in [3.63, 3.8) is 0 Å². The van der Waals surface area contributed by atoms with E-state index in [1.54, 1.807) is 14.2 Å². The highest BCUT2D eigenvalue weighted by Gasteiger charge is 2.12. The number of hydrogen-bond acceptors (Lipinski definition) is 5. The Morgan fingerprint density at radius 2 is 1.88 bits per heavy atom. The normalized spacial score (nSPS) is 15.2. The molecular weight excluding hydrogens is 222 g/mol. The van der Waals surface area contributed by atoms with Crippen molar-refractivity contribution >= 4 is 0 Å². The summed E-state index contributed by atoms with van der Waals surface area (Å²) >= 11 is 0. The van der Waals surface area contributed by atoms with Crippen LogP contribution in [0.25, 0.3) is 0 Å². The van der Waals surface area contributed by atoms with Gasteiger partial charge in [-0.15, -0.1) is 0 Å². The number of aliphatic hydroxyl groups excluding tert-OH is 1. The Hall–Kier alpha value is -0.200. The number of nitrogens with zero attached hydrogens (tertiary/aromatic N) is 1. The maximum absolute atomic E-state index is 9.82. The molecule has 0 fully saturated rings. The minimum atomic E-state index is -0.467. The molecule has 0 saturated carbocycles. The summed E-state index contributed by atoms with van der Waals surface area (Å²) in [6.45, 7) is 7.91. The third-order valence-corrected chi connectivity index (χ3v) is 2.50. The Labute approximate surface area is 105 Å². The van der Waals surface area contributed by atoms with E-state index in [1.165, 1.54) is 0 Å². The molecule has 5 heteroatoms. The highest BCUT2D eigenvalue weighted by atomic mass is 16.5. The Bertz CT molecular complexity index is 169. The van der Waals surface area contributed by atoms with E-state index < -0.39 is 6.10 Å². The van der Waals surface area contributed by atoms with E-state index in [9.17, 15) is 5.11 Å². The summed E-state index contributed by atoms with van der Waals surface area (Å²) in [4.78, 5) is 2.14. The van der Waals surface area contributed by atoms with E-state index in [2.05, 4.69) is 11.8 Å². The smallest absolute Gasteiger partial charge is 0.0900 e. The average Bonchev–Trinajstić information content (AvgIpc) is 2.32. The number of ether oxygens (including phenoxy) is 3. The SMILES string of the molecule is CCN(CCOC)CC(O)COC(C)COC. The fraction of sp³-hybridized carbons (Fsp3) is 1.00. The van der Waals surface area contributed by atoms with Gasteiger partial charge in [0, 0.05) is 27.3 Å². The molecule has 0 heterocycles. The lowest BCUT2D eigenvalue weighted by Gasteiger charge is -2.24. The molecule has 0 aliphatic rings. The molecule has 0 aromatic heterocycles. The molecule has 17 heavy (non-hydrogen) atoms. The van der Waals surface area contributed by atoms with Crippen molar-refractivity contribution in [3.05, 3.63) is 0 Å². The molecule has 104 valence electrons. The third kappa shape index (κ3) is 9.50. The molecule has 1 N–H and O–H groups in total. The van der Waals surface area contributed by atoms with Crippen molar-refractivity contribution in [1.82, 2.24) is 4.90 Å². The molecule has 0 amide bonds. The van der Waals surface area contributed by atoms with Crippen molar-refractivity contribution in [3.8, 4) is 0 Å². The fourth-order valence-electron chi connectivity index (χ4n) is 1.51. The van der Waals surface area contributed by atoms with Crippen molar-refractivity contribution in [2.75, 3.05) is 53.7 Å². The number of rotatable bonds is 11. The van der Waals surface area contributed by atoms with E-state index in [-0.39, 0.29) is 6.10 Å². The van der Waals surface area contributed by atoms with Crippen molar-refractivity contribution in [1.29, 1.82) is 0 Å². The van der Waals surface area contributed by atoms with Gasteiger partial charge in [0.2, 0.25) is 0 Å². The Balaban J connectivity index is 3.70. The lowest BCUT2D eigenvalue weighted by molar-refractivity contribution is -0.0404.